The lowest BCUT2D eigenvalue weighted by atomic mass is 9.77. The molecule has 0 radical (unpaired) electrons. The van der Waals surface area contributed by atoms with Gasteiger partial charge in [-0.15, -0.1) is 0 Å². The van der Waals surface area contributed by atoms with Gasteiger partial charge in [-0.3, -0.25) is 0 Å². The Hall–Kier alpha value is -2.47. The van der Waals surface area contributed by atoms with E-state index >= 15 is 0 Å². The fourth-order valence-electron chi connectivity index (χ4n) is 3.32. The van der Waals surface area contributed by atoms with Crippen LogP contribution in [-0.2, 0) is 17.7 Å². The van der Waals surface area contributed by atoms with E-state index in [4.69, 9.17) is 9.26 Å². The number of hydrogen-bond donors (Lipinski definition) is 0. The number of aromatic nitrogens is 4. The number of hydrogen-bond acceptors (Lipinski definition) is 5. The van der Waals surface area contributed by atoms with Crippen molar-refractivity contribution in [3.8, 4) is 11.4 Å². The maximum atomic E-state index is 5.65. The molecule has 0 aliphatic heterocycles. The molecule has 0 saturated heterocycles. The number of rotatable bonds is 6. The van der Waals surface area contributed by atoms with E-state index in [1.165, 1.54) is 12.0 Å². The monoisotopic (exact) mass is 338 g/mol. The Morgan fingerprint density at radius 3 is 2.88 bits per heavy atom. The van der Waals surface area contributed by atoms with Crippen LogP contribution >= 0.6 is 0 Å². The summed E-state index contributed by atoms with van der Waals surface area (Å²) in [4.78, 5) is 8.84. The lowest BCUT2D eigenvalue weighted by Gasteiger charge is -2.39. The number of ether oxygens (including phenoxy) is 1. The van der Waals surface area contributed by atoms with E-state index in [2.05, 4.69) is 31.8 Å². The average Bonchev–Trinajstić information content (AvgIpc) is 3.21. The molecule has 0 amide bonds. The molecule has 6 heteroatoms. The van der Waals surface area contributed by atoms with Crippen molar-refractivity contribution in [1.29, 1.82) is 0 Å². The second-order valence-electron chi connectivity index (χ2n) is 6.73. The van der Waals surface area contributed by atoms with Crippen molar-refractivity contribution in [1.82, 2.24) is 19.7 Å². The number of imidazole rings is 1. The van der Waals surface area contributed by atoms with Gasteiger partial charge in [-0.1, -0.05) is 23.4 Å². The smallest absolute Gasteiger partial charge is 0.229 e. The van der Waals surface area contributed by atoms with Crippen molar-refractivity contribution < 1.29 is 9.26 Å². The van der Waals surface area contributed by atoms with Crippen molar-refractivity contribution in [3.63, 3.8) is 0 Å². The van der Waals surface area contributed by atoms with E-state index in [-0.39, 0.29) is 5.60 Å². The summed E-state index contributed by atoms with van der Waals surface area (Å²) in [7, 11) is 1.76. The van der Waals surface area contributed by atoms with E-state index in [1.807, 2.05) is 31.5 Å². The molecule has 1 aliphatic carbocycles. The van der Waals surface area contributed by atoms with Crippen LogP contribution in [0.15, 0.2) is 41.2 Å². The first kappa shape index (κ1) is 16.0. The van der Waals surface area contributed by atoms with Crippen LogP contribution in [0.4, 0.5) is 0 Å². The Bertz CT molecular complexity index is 858. The summed E-state index contributed by atoms with van der Waals surface area (Å²) >= 11 is 0. The van der Waals surface area contributed by atoms with Gasteiger partial charge >= 0.3 is 0 Å². The Morgan fingerprint density at radius 1 is 1.32 bits per heavy atom. The average molecular weight is 338 g/mol. The fourth-order valence-corrected chi connectivity index (χ4v) is 3.32. The molecule has 4 rings (SSSR count). The van der Waals surface area contributed by atoms with Gasteiger partial charge in [0.2, 0.25) is 11.7 Å². The molecule has 25 heavy (non-hydrogen) atoms. The van der Waals surface area contributed by atoms with Crippen molar-refractivity contribution in [2.24, 2.45) is 0 Å². The number of aryl methyl sites for hydroxylation is 1. The lowest BCUT2D eigenvalue weighted by Crippen LogP contribution is -2.41. The summed E-state index contributed by atoms with van der Waals surface area (Å²) < 4.78 is 13.2. The first-order valence-electron chi connectivity index (χ1n) is 8.62. The van der Waals surface area contributed by atoms with Crippen LogP contribution in [0.3, 0.4) is 0 Å². The van der Waals surface area contributed by atoms with Crippen LogP contribution < -0.4 is 0 Å². The second kappa shape index (κ2) is 6.44. The number of benzene rings is 1. The van der Waals surface area contributed by atoms with E-state index in [9.17, 15) is 0 Å². The summed E-state index contributed by atoms with van der Waals surface area (Å²) in [5.74, 6) is 2.27. The van der Waals surface area contributed by atoms with Gasteiger partial charge in [0.15, 0.2) is 0 Å². The lowest BCUT2D eigenvalue weighted by molar-refractivity contribution is -0.0751. The van der Waals surface area contributed by atoms with Crippen LogP contribution in [0.1, 0.15) is 36.5 Å². The van der Waals surface area contributed by atoms with Crippen molar-refractivity contribution in [2.75, 3.05) is 7.11 Å². The standard InChI is InChI=1S/C19H22N4O2/c1-14-20-9-10-23(14)13-15-5-3-6-16(11-15)18-21-17(25-22-18)12-19(24-2)7-4-8-19/h3,5-6,9-11H,4,7-8,12-13H2,1-2H3. The van der Waals surface area contributed by atoms with Gasteiger partial charge in [-0.25, -0.2) is 4.98 Å². The molecular formula is C19H22N4O2. The largest absolute Gasteiger partial charge is 0.378 e. The highest BCUT2D eigenvalue weighted by Crippen LogP contribution is 2.37. The number of nitrogens with zero attached hydrogens (tertiary/aromatic N) is 4. The van der Waals surface area contributed by atoms with Crippen LogP contribution in [-0.4, -0.2) is 32.4 Å². The van der Waals surface area contributed by atoms with Gasteiger partial charge < -0.3 is 13.8 Å². The highest BCUT2D eigenvalue weighted by molar-refractivity contribution is 5.55. The van der Waals surface area contributed by atoms with Crippen LogP contribution in [0.25, 0.3) is 11.4 Å². The van der Waals surface area contributed by atoms with Gasteiger partial charge in [-0.2, -0.15) is 4.98 Å². The van der Waals surface area contributed by atoms with Gasteiger partial charge in [0.05, 0.1) is 12.0 Å². The Balaban J connectivity index is 1.52. The first-order chi connectivity index (χ1) is 12.2. The highest BCUT2D eigenvalue weighted by Gasteiger charge is 2.38. The van der Waals surface area contributed by atoms with Gasteiger partial charge in [0, 0.05) is 31.6 Å². The van der Waals surface area contributed by atoms with Crippen LogP contribution in [0.5, 0.6) is 0 Å². The summed E-state index contributed by atoms with van der Waals surface area (Å²) in [5, 5.41) is 4.16. The molecule has 6 nitrogen and oxygen atoms in total. The van der Waals surface area contributed by atoms with E-state index in [0.717, 1.165) is 30.8 Å². The maximum Gasteiger partial charge on any atom is 0.229 e. The molecule has 0 bridgehead atoms. The minimum absolute atomic E-state index is 0.107. The van der Waals surface area contributed by atoms with Gasteiger partial charge in [0.25, 0.3) is 0 Å². The normalized spacial score (nSPS) is 15.9. The zero-order chi connectivity index (χ0) is 17.3. The third-order valence-electron chi connectivity index (χ3n) is 5.10. The first-order valence-corrected chi connectivity index (χ1v) is 8.62. The SMILES string of the molecule is COC1(Cc2nc(-c3cccc(Cn4ccnc4C)c3)no2)CCC1. The molecule has 3 aromatic rings. The Morgan fingerprint density at radius 2 is 2.20 bits per heavy atom. The van der Waals surface area contributed by atoms with Crippen LogP contribution in [0.2, 0.25) is 0 Å². The minimum atomic E-state index is -0.107. The Labute approximate surface area is 146 Å². The zero-order valence-electron chi connectivity index (χ0n) is 14.6. The van der Waals surface area contributed by atoms with Crippen molar-refractivity contribution in [2.45, 2.75) is 44.8 Å². The predicted molar refractivity (Wildman–Crippen MR) is 93.1 cm³/mol. The summed E-state index contributed by atoms with van der Waals surface area (Å²) in [6.07, 6.45) is 7.80. The Kier molecular flexibility index (Phi) is 4.13. The third kappa shape index (κ3) is 3.22. The maximum absolute atomic E-state index is 5.65. The quantitative estimate of drug-likeness (QED) is 0.689. The predicted octanol–water partition coefficient (Wildman–Crippen LogP) is 3.40. The zero-order valence-corrected chi connectivity index (χ0v) is 14.6. The molecule has 1 aromatic carbocycles. The number of methoxy groups -OCH3 is 1. The fraction of sp³-hybridized carbons (Fsp3) is 0.421. The minimum Gasteiger partial charge on any atom is -0.378 e. The van der Waals surface area contributed by atoms with E-state index in [1.54, 1.807) is 7.11 Å². The topological polar surface area (TPSA) is 66.0 Å². The second-order valence-corrected chi connectivity index (χ2v) is 6.73. The molecule has 1 aliphatic rings. The van der Waals surface area contributed by atoms with Crippen molar-refractivity contribution >= 4 is 0 Å². The van der Waals surface area contributed by atoms with E-state index in [0.29, 0.717) is 18.1 Å². The molecule has 1 fully saturated rings. The molecule has 130 valence electrons. The molecular weight excluding hydrogens is 316 g/mol. The summed E-state index contributed by atoms with van der Waals surface area (Å²) in [6, 6.07) is 8.23. The van der Waals surface area contributed by atoms with E-state index < -0.39 is 0 Å². The molecule has 0 unspecified atom stereocenters. The van der Waals surface area contributed by atoms with Crippen LogP contribution in [0, 0.1) is 6.92 Å². The molecule has 0 N–H and O–H groups in total. The molecule has 0 spiro atoms. The third-order valence-corrected chi connectivity index (χ3v) is 5.10. The molecule has 0 atom stereocenters. The summed E-state index contributed by atoms with van der Waals surface area (Å²) in [5.41, 5.74) is 2.03. The highest BCUT2D eigenvalue weighted by atomic mass is 16.5. The van der Waals surface area contributed by atoms with Gasteiger partial charge in [0.1, 0.15) is 5.82 Å². The molecule has 2 heterocycles. The summed E-state index contributed by atoms with van der Waals surface area (Å²) in [6.45, 7) is 2.78. The molecule has 2 aromatic heterocycles. The van der Waals surface area contributed by atoms with Crippen molar-refractivity contribution in [3.05, 3.63) is 53.9 Å². The van der Waals surface area contributed by atoms with Gasteiger partial charge in [-0.05, 0) is 37.8 Å². The molecule has 1 saturated carbocycles.